The molecule has 0 aliphatic carbocycles. The van der Waals surface area contributed by atoms with Crippen molar-refractivity contribution in [3.8, 4) is 5.75 Å². The SMILES string of the molecule is O=P#CN(CC(=O)O)C(=O)c1ccccc1Cl. The summed E-state index contributed by atoms with van der Waals surface area (Å²) in [6.07, 6.45) is 0. The molecule has 0 aromatic heterocycles. The molecule has 1 amide bonds. The number of amides is 1. The van der Waals surface area contributed by atoms with Gasteiger partial charge in [-0.25, -0.2) is 0 Å². The molecule has 88 valence electrons. The van der Waals surface area contributed by atoms with Gasteiger partial charge in [-0.1, -0.05) is 0 Å². The van der Waals surface area contributed by atoms with Gasteiger partial charge in [0.05, 0.1) is 0 Å². The average Bonchev–Trinajstić information content (AvgIpc) is 2.28. The van der Waals surface area contributed by atoms with E-state index in [1.54, 1.807) is 12.1 Å². The molecule has 7 heteroatoms. The second-order valence-electron chi connectivity index (χ2n) is 2.96. The summed E-state index contributed by atoms with van der Waals surface area (Å²) in [6.45, 7) is -0.626. The van der Waals surface area contributed by atoms with Crippen molar-refractivity contribution in [1.82, 2.24) is 4.90 Å². The predicted molar refractivity (Wildman–Crippen MR) is 61.6 cm³/mol. The Morgan fingerprint density at radius 1 is 1.41 bits per heavy atom. The van der Waals surface area contributed by atoms with Crippen LogP contribution < -0.4 is 0 Å². The van der Waals surface area contributed by atoms with Crippen molar-refractivity contribution in [3.05, 3.63) is 34.9 Å². The van der Waals surface area contributed by atoms with Gasteiger partial charge in [0, 0.05) is 0 Å². The molecule has 0 atom stereocenters. The first-order chi connectivity index (χ1) is 8.06. The van der Waals surface area contributed by atoms with Gasteiger partial charge in [0.25, 0.3) is 0 Å². The van der Waals surface area contributed by atoms with Crippen LogP contribution >= 0.6 is 19.5 Å². The molecular formula is C10H7ClNO4P. The monoisotopic (exact) mass is 271 g/mol. The van der Waals surface area contributed by atoms with Crippen LogP contribution in [0.3, 0.4) is 0 Å². The molecule has 0 spiro atoms. The molecule has 0 bridgehead atoms. The maximum atomic E-state index is 11.9. The molecule has 0 unspecified atom stereocenters. The number of hydrogen-bond donors (Lipinski definition) is 1. The van der Waals surface area contributed by atoms with E-state index in [9.17, 15) is 14.2 Å². The van der Waals surface area contributed by atoms with E-state index < -0.39 is 26.3 Å². The molecule has 1 aromatic carbocycles. The molecule has 17 heavy (non-hydrogen) atoms. The zero-order chi connectivity index (χ0) is 12.8. The van der Waals surface area contributed by atoms with Crippen LogP contribution in [0.2, 0.25) is 5.02 Å². The Hall–Kier alpha value is -1.54. The second kappa shape index (κ2) is 6.26. The standard InChI is InChI=1S/C10H7ClNO4P/c11-8-4-2-1-3-7(8)10(15)12(6-17-16)5-9(13)14/h1-4H,5H2,(H,13,14). The predicted octanol–water partition coefficient (Wildman–Crippen LogP) is 2.08. The number of hydrogen-bond acceptors (Lipinski definition) is 3. The number of nitrogens with zero attached hydrogens (tertiary/aromatic N) is 1. The first kappa shape index (κ1) is 13.5. The van der Waals surface area contributed by atoms with Crippen molar-refractivity contribution in [1.29, 1.82) is 0 Å². The Labute approximate surface area is 103 Å². The van der Waals surface area contributed by atoms with Gasteiger partial charge in [0.15, 0.2) is 0 Å². The van der Waals surface area contributed by atoms with Crippen LogP contribution in [0.15, 0.2) is 24.3 Å². The average molecular weight is 272 g/mol. The van der Waals surface area contributed by atoms with Crippen molar-refractivity contribution < 1.29 is 19.3 Å². The first-order valence-corrected chi connectivity index (χ1v) is 5.61. The first-order valence-electron chi connectivity index (χ1n) is 4.42. The molecule has 0 fully saturated rings. The summed E-state index contributed by atoms with van der Waals surface area (Å²) < 4.78 is 10.4. The quantitative estimate of drug-likeness (QED) is 0.674. The Kier molecular flexibility index (Phi) is 4.98. The topological polar surface area (TPSA) is 74.7 Å². The molecule has 0 aliphatic heterocycles. The third-order valence-electron chi connectivity index (χ3n) is 1.80. The number of carbonyl (C=O) groups is 2. The molecule has 1 N–H and O–H groups in total. The van der Waals surface area contributed by atoms with Gasteiger partial charge < -0.3 is 0 Å². The number of aliphatic carboxylic acids is 1. The van der Waals surface area contributed by atoms with Crippen LogP contribution in [0, 0.1) is 5.75 Å². The van der Waals surface area contributed by atoms with Gasteiger partial charge in [-0.15, -0.1) is 0 Å². The molecule has 1 aromatic rings. The summed E-state index contributed by atoms with van der Waals surface area (Å²) in [4.78, 5) is 23.1. The second-order valence-corrected chi connectivity index (χ2v) is 3.75. The van der Waals surface area contributed by atoms with Crippen molar-refractivity contribution in [2.45, 2.75) is 0 Å². The van der Waals surface area contributed by atoms with Crippen molar-refractivity contribution >= 4 is 31.4 Å². The molecule has 0 saturated heterocycles. The van der Waals surface area contributed by atoms with Crippen molar-refractivity contribution in [2.75, 3.05) is 6.54 Å². The van der Waals surface area contributed by atoms with E-state index in [1.807, 2.05) is 0 Å². The number of rotatable bonds is 3. The Balaban J connectivity index is 3.07. The van der Waals surface area contributed by atoms with E-state index in [2.05, 4.69) is 5.75 Å². The van der Waals surface area contributed by atoms with E-state index in [1.165, 1.54) is 12.1 Å². The van der Waals surface area contributed by atoms with E-state index >= 15 is 0 Å². The van der Waals surface area contributed by atoms with Gasteiger partial charge in [-0.3, -0.25) is 0 Å². The fourth-order valence-corrected chi connectivity index (χ4v) is 1.59. The number of carboxylic acids is 1. The van der Waals surface area contributed by atoms with E-state index in [0.29, 0.717) is 4.90 Å². The molecule has 0 saturated carbocycles. The number of carbonyl (C=O) groups excluding carboxylic acids is 1. The molecule has 1 rings (SSSR count). The van der Waals surface area contributed by atoms with Crippen molar-refractivity contribution in [3.63, 3.8) is 0 Å². The van der Waals surface area contributed by atoms with Gasteiger partial charge in [0.2, 0.25) is 0 Å². The van der Waals surface area contributed by atoms with E-state index in [4.69, 9.17) is 16.7 Å². The van der Waals surface area contributed by atoms with Gasteiger partial charge in [-0.05, 0) is 0 Å². The summed E-state index contributed by atoms with van der Waals surface area (Å²) >= 11 is 5.80. The van der Waals surface area contributed by atoms with Crippen LogP contribution in [0.4, 0.5) is 0 Å². The fourth-order valence-electron chi connectivity index (χ4n) is 1.12. The van der Waals surface area contributed by atoms with Gasteiger partial charge in [-0.2, -0.15) is 0 Å². The van der Waals surface area contributed by atoms with Gasteiger partial charge >= 0.3 is 103 Å². The van der Waals surface area contributed by atoms with E-state index in [-0.39, 0.29) is 10.6 Å². The Morgan fingerprint density at radius 3 is 2.59 bits per heavy atom. The van der Waals surface area contributed by atoms with Crippen LogP contribution in [0.1, 0.15) is 10.4 Å². The van der Waals surface area contributed by atoms with Crippen LogP contribution in [0.5, 0.6) is 0 Å². The maximum absolute atomic E-state index is 11.9. The Bertz CT molecular complexity index is 554. The third-order valence-corrected chi connectivity index (χ3v) is 2.46. The zero-order valence-corrected chi connectivity index (χ0v) is 10.1. The molecule has 0 aliphatic rings. The number of halogens is 1. The molecule has 0 heterocycles. The minimum atomic E-state index is -1.23. The van der Waals surface area contributed by atoms with Gasteiger partial charge in [0.1, 0.15) is 0 Å². The number of carboxylic acid groups (broad SMARTS) is 1. The zero-order valence-electron chi connectivity index (χ0n) is 8.46. The summed E-state index contributed by atoms with van der Waals surface area (Å²) in [7, 11) is -0.575. The summed E-state index contributed by atoms with van der Waals surface area (Å²) in [6, 6.07) is 6.18. The minimum absolute atomic E-state index is 0.131. The van der Waals surface area contributed by atoms with E-state index in [0.717, 1.165) is 0 Å². The molecular weight excluding hydrogens is 265 g/mol. The van der Waals surface area contributed by atoms with Crippen LogP contribution in [0.25, 0.3) is 0 Å². The normalized spacial score (nSPS) is 9.24. The summed E-state index contributed by atoms with van der Waals surface area (Å²) in [5.74, 6) is 0.200. The van der Waals surface area contributed by atoms with Crippen LogP contribution in [-0.2, 0) is 9.36 Å². The third kappa shape index (κ3) is 3.75. The summed E-state index contributed by atoms with van der Waals surface area (Å²) in [5, 5.41) is 8.80. The fraction of sp³-hybridized carbons (Fsp3) is 0.100. The Morgan fingerprint density at radius 2 is 2.06 bits per heavy atom. The summed E-state index contributed by atoms with van der Waals surface area (Å²) in [5.41, 5.74) is 0.131. The molecule has 0 radical (unpaired) electrons. The van der Waals surface area contributed by atoms with Crippen LogP contribution in [-0.4, -0.2) is 28.4 Å². The van der Waals surface area contributed by atoms with Crippen molar-refractivity contribution in [2.24, 2.45) is 0 Å². The molecule has 5 nitrogen and oxygen atoms in total. The number of benzene rings is 1.